The third-order valence-electron chi connectivity index (χ3n) is 2.76. The highest BCUT2D eigenvalue weighted by atomic mass is 35.5. The molecule has 6 heteroatoms. The molecule has 1 fully saturated rings. The number of carbonyl (C=O) groups excluding carboxylic acids is 1. The molecule has 0 radical (unpaired) electrons. The number of carboxylic acid groups (broad SMARTS) is 1. The minimum absolute atomic E-state index is 0.125. The van der Waals surface area contributed by atoms with Crippen molar-refractivity contribution in [3.63, 3.8) is 0 Å². The van der Waals surface area contributed by atoms with E-state index in [0.717, 1.165) is 0 Å². The van der Waals surface area contributed by atoms with E-state index in [1.165, 1.54) is 4.90 Å². The van der Waals surface area contributed by atoms with Crippen molar-refractivity contribution >= 4 is 29.4 Å². The van der Waals surface area contributed by atoms with Gasteiger partial charge in [-0.25, -0.2) is 4.79 Å². The van der Waals surface area contributed by atoms with Gasteiger partial charge in [-0.3, -0.25) is 9.69 Å². The quantitative estimate of drug-likeness (QED) is 0.916. The molecule has 1 N–H and O–H groups in total. The number of benzene rings is 1. The van der Waals surface area contributed by atoms with Crippen LogP contribution in [0.15, 0.2) is 24.3 Å². The third-order valence-corrected chi connectivity index (χ3v) is 3.08. The predicted molar refractivity (Wildman–Crippen MR) is 65.9 cm³/mol. The fourth-order valence-corrected chi connectivity index (χ4v) is 2.19. The molecule has 1 amide bonds. The van der Waals surface area contributed by atoms with Crippen LogP contribution in [0.25, 0.3) is 0 Å². The molecule has 0 saturated carbocycles. The zero-order valence-corrected chi connectivity index (χ0v) is 10.3. The molecule has 0 spiro atoms. The molecule has 1 aliphatic rings. The van der Waals surface area contributed by atoms with E-state index in [2.05, 4.69) is 0 Å². The Morgan fingerprint density at radius 3 is 2.89 bits per heavy atom. The average Bonchev–Trinajstić information content (AvgIpc) is 2.30. The van der Waals surface area contributed by atoms with Gasteiger partial charge in [-0.15, -0.1) is 0 Å². The normalized spacial score (nSPS) is 19.5. The van der Waals surface area contributed by atoms with Gasteiger partial charge in [-0.2, -0.15) is 0 Å². The lowest BCUT2D eigenvalue weighted by Gasteiger charge is -2.34. The Kier molecular flexibility index (Phi) is 3.72. The van der Waals surface area contributed by atoms with Crippen molar-refractivity contribution in [2.75, 3.05) is 11.5 Å². The smallest absolute Gasteiger partial charge is 0.414 e. The topological polar surface area (TPSA) is 66.8 Å². The predicted octanol–water partition coefficient (Wildman–Crippen LogP) is 2.53. The van der Waals surface area contributed by atoms with Gasteiger partial charge in [-0.05, 0) is 12.1 Å². The molecule has 1 unspecified atom stereocenters. The van der Waals surface area contributed by atoms with Crippen molar-refractivity contribution in [3.05, 3.63) is 29.3 Å². The Morgan fingerprint density at radius 2 is 2.22 bits per heavy atom. The first-order chi connectivity index (χ1) is 8.59. The summed E-state index contributed by atoms with van der Waals surface area (Å²) in [5, 5.41) is 9.27. The number of amides is 1. The second-order valence-electron chi connectivity index (χ2n) is 3.98. The number of hydrogen-bond donors (Lipinski definition) is 1. The van der Waals surface area contributed by atoms with Crippen molar-refractivity contribution in [1.29, 1.82) is 0 Å². The molecule has 0 aromatic heterocycles. The number of nitrogens with zero attached hydrogens (tertiary/aromatic N) is 1. The van der Waals surface area contributed by atoms with E-state index in [1.807, 2.05) is 0 Å². The average molecular weight is 270 g/mol. The van der Waals surface area contributed by atoms with Crippen LogP contribution in [0.3, 0.4) is 0 Å². The molecule has 0 bridgehead atoms. The van der Waals surface area contributed by atoms with E-state index in [0.29, 0.717) is 17.1 Å². The van der Waals surface area contributed by atoms with Gasteiger partial charge in [0.15, 0.2) is 0 Å². The molecule has 1 saturated heterocycles. The Hall–Kier alpha value is -1.75. The van der Waals surface area contributed by atoms with Gasteiger partial charge in [0.1, 0.15) is 0 Å². The van der Waals surface area contributed by atoms with E-state index in [4.69, 9.17) is 21.4 Å². The maximum Gasteiger partial charge on any atom is 0.414 e. The molecule has 1 atom stereocenters. The Morgan fingerprint density at radius 1 is 1.50 bits per heavy atom. The van der Waals surface area contributed by atoms with Gasteiger partial charge >= 0.3 is 12.1 Å². The Labute approximate surface area is 109 Å². The third kappa shape index (κ3) is 2.56. The number of anilines is 1. The summed E-state index contributed by atoms with van der Waals surface area (Å²) in [5.74, 6) is -0.952. The number of rotatable bonds is 3. The highest BCUT2D eigenvalue weighted by Gasteiger charge is 2.33. The summed E-state index contributed by atoms with van der Waals surface area (Å²) >= 11 is 6.03. The number of cyclic esters (lactones) is 1. The number of para-hydroxylation sites is 1. The summed E-state index contributed by atoms with van der Waals surface area (Å²) in [5.41, 5.74) is 0.482. The summed E-state index contributed by atoms with van der Waals surface area (Å²) in [4.78, 5) is 23.9. The molecular weight excluding hydrogens is 258 g/mol. The number of carbonyl (C=O) groups is 2. The van der Waals surface area contributed by atoms with E-state index in [1.54, 1.807) is 24.3 Å². The van der Waals surface area contributed by atoms with Crippen LogP contribution in [-0.2, 0) is 9.53 Å². The van der Waals surface area contributed by atoms with E-state index >= 15 is 0 Å². The monoisotopic (exact) mass is 269 g/mol. The summed E-state index contributed by atoms with van der Waals surface area (Å²) in [6, 6.07) is 6.37. The SMILES string of the molecule is O=C(O)CC1CCOC(=O)N1c1ccccc1Cl. The highest BCUT2D eigenvalue weighted by molar-refractivity contribution is 6.33. The van der Waals surface area contributed by atoms with Gasteiger partial charge in [0.2, 0.25) is 0 Å². The maximum atomic E-state index is 11.8. The Balaban J connectivity index is 2.33. The number of halogens is 1. The summed E-state index contributed by atoms with van der Waals surface area (Å²) in [7, 11) is 0. The lowest BCUT2D eigenvalue weighted by molar-refractivity contribution is -0.137. The molecule has 5 nitrogen and oxygen atoms in total. The van der Waals surface area contributed by atoms with Crippen molar-refractivity contribution in [1.82, 2.24) is 0 Å². The molecule has 1 heterocycles. The van der Waals surface area contributed by atoms with Crippen LogP contribution < -0.4 is 4.90 Å². The maximum absolute atomic E-state index is 11.8. The van der Waals surface area contributed by atoms with Crippen LogP contribution in [0.4, 0.5) is 10.5 Å². The lowest BCUT2D eigenvalue weighted by Crippen LogP contribution is -2.47. The molecule has 1 aliphatic heterocycles. The van der Waals surface area contributed by atoms with Gasteiger partial charge in [-0.1, -0.05) is 23.7 Å². The van der Waals surface area contributed by atoms with Crippen LogP contribution >= 0.6 is 11.6 Å². The van der Waals surface area contributed by atoms with E-state index < -0.39 is 18.1 Å². The van der Waals surface area contributed by atoms with Crippen LogP contribution in [0.1, 0.15) is 12.8 Å². The van der Waals surface area contributed by atoms with E-state index in [-0.39, 0.29) is 13.0 Å². The zero-order valence-electron chi connectivity index (χ0n) is 9.51. The van der Waals surface area contributed by atoms with Crippen molar-refractivity contribution in [2.45, 2.75) is 18.9 Å². The molecule has 2 rings (SSSR count). The standard InChI is InChI=1S/C12H12ClNO4/c13-9-3-1-2-4-10(9)14-8(7-11(15)16)5-6-18-12(14)17/h1-4,8H,5-7H2,(H,15,16). The van der Waals surface area contributed by atoms with Crippen LogP contribution in [0, 0.1) is 0 Å². The number of carboxylic acids is 1. The van der Waals surface area contributed by atoms with Crippen LogP contribution in [0.2, 0.25) is 5.02 Å². The van der Waals surface area contributed by atoms with Crippen molar-refractivity contribution in [3.8, 4) is 0 Å². The fourth-order valence-electron chi connectivity index (χ4n) is 1.97. The van der Waals surface area contributed by atoms with Crippen molar-refractivity contribution < 1.29 is 19.4 Å². The first-order valence-corrected chi connectivity index (χ1v) is 5.89. The van der Waals surface area contributed by atoms with Crippen LogP contribution in [-0.4, -0.2) is 29.8 Å². The van der Waals surface area contributed by atoms with E-state index in [9.17, 15) is 9.59 Å². The highest BCUT2D eigenvalue weighted by Crippen LogP contribution is 2.31. The minimum atomic E-state index is -0.952. The fraction of sp³-hybridized carbons (Fsp3) is 0.333. The molecular formula is C12H12ClNO4. The first-order valence-electron chi connectivity index (χ1n) is 5.52. The zero-order chi connectivity index (χ0) is 13.1. The van der Waals surface area contributed by atoms with Crippen LogP contribution in [0.5, 0.6) is 0 Å². The largest absolute Gasteiger partial charge is 0.481 e. The minimum Gasteiger partial charge on any atom is -0.481 e. The first kappa shape index (κ1) is 12.7. The Bertz CT molecular complexity index is 477. The molecule has 1 aromatic carbocycles. The molecule has 1 aromatic rings. The van der Waals surface area contributed by atoms with Crippen molar-refractivity contribution in [2.24, 2.45) is 0 Å². The molecule has 18 heavy (non-hydrogen) atoms. The molecule has 0 aliphatic carbocycles. The number of aliphatic carboxylic acids is 1. The number of ether oxygens (including phenoxy) is 1. The second kappa shape index (κ2) is 5.27. The summed E-state index contributed by atoms with van der Waals surface area (Å²) < 4.78 is 4.95. The van der Waals surface area contributed by atoms with Gasteiger partial charge in [0, 0.05) is 6.42 Å². The lowest BCUT2D eigenvalue weighted by atomic mass is 10.1. The van der Waals surface area contributed by atoms with Gasteiger partial charge in [0.05, 0.1) is 29.8 Å². The van der Waals surface area contributed by atoms with Gasteiger partial charge in [0.25, 0.3) is 0 Å². The number of hydrogen-bond acceptors (Lipinski definition) is 3. The van der Waals surface area contributed by atoms with Gasteiger partial charge < -0.3 is 9.84 Å². The summed E-state index contributed by atoms with van der Waals surface area (Å²) in [6.45, 7) is 0.234. The molecule has 96 valence electrons. The summed E-state index contributed by atoms with van der Waals surface area (Å²) in [6.07, 6.45) is -0.204. The second-order valence-corrected chi connectivity index (χ2v) is 4.38.